The van der Waals surface area contributed by atoms with Gasteiger partial charge in [-0.25, -0.2) is 4.79 Å². The summed E-state index contributed by atoms with van der Waals surface area (Å²) >= 11 is 0. The summed E-state index contributed by atoms with van der Waals surface area (Å²) in [5, 5.41) is 3.58. The first-order valence-corrected chi connectivity index (χ1v) is 8.61. The lowest BCUT2D eigenvalue weighted by Gasteiger charge is -2.26. The van der Waals surface area contributed by atoms with E-state index in [1.165, 1.54) is 0 Å². The highest BCUT2D eigenvalue weighted by Crippen LogP contribution is 2.15. The molecule has 1 rings (SSSR count). The van der Waals surface area contributed by atoms with Crippen LogP contribution in [0.25, 0.3) is 0 Å². The summed E-state index contributed by atoms with van der Waals surface area (Å²) < 4.78 is 11.0. The number of amides is 1. The SMILES string of the molecule is CC(C)OCCCNC1CCCN(C(=O)OC(C)(C)C)CC1. The van der Waals surface area contributed by atoms with E-state index < -0.39 is 5.60 Å². The molecule has 1 saturated heterocycles. The molecule has 1 unspecified atom stereocenters. The van der Waals surface area contributed by atoms with Crippen molar-refractivity contribution in [1.82, 2.24) is 10.2 Å². The van der Waals surface area contributed by atoms with Crippen molar-refractivity contribution in [3.05, 3.63) is 0 Å². The summed E-state index contributed by atoms with van der Waals surface area (Å²) in [5.74, 6) is 0. The lowest BCUT2D eigenvalue weighted by Crippen LogP contribution is -2.38. The molecule has 1 amide bonds. The van der Waals surface area contributed by atoms with E-state index in [-0.39, 0.29) is 6.09 Å². The fraction of sp³-hybridized carbons (Fsp3) is 0.941. The maximum atomic E-state index is 12.1. The molecule has 130 valence electrons. The number of hydrogen-bond donors (Lipinski definition) is 1. The molecule has 1 atom stereocenters. The number of rotatable bonds is 6. The Bertz CT molecular complexity index is 326. The van der Waals surface area contributed by atoms with Crippen LogP contribution in [0.3, 0.4) is 0 Å². The van der Waals surface area contributed by atoms with Gasteiger partial charge in [-0.15, -0.1) is 0 Å². The van der Waals surface area contributed by atoms with Gasteiger partial charge in [0.05, 0.1) is 6.10 Å². The number of ether oxygens (including phenoxy) is 2. The van der Waals surface area contributed by atoms with Crippen molar-refractivity contribution >= 4 is 6.09 Å². The number of nitrogens with zero attached hydrogens (tertiary/aromatic N) is 1. The molecule has 0 aliphatic carbocycles. The standard InChI is InChI=1S/C17H34N2O3/c1-14(2)21-13-7-10-18-15-8-6-11-19(12-9-15)16(20)22-17(3,4)5/h14-15,18H,6-13H2,1-5H3. The molecule has 1 N–H and O–H groups in total. The average molecular weight is 314 g/mol. The van der Waals surface area contributed by atoms with Gasteiger partial charge in [-0.1, -0.05) is 0 Å². The van der Waals surface area contributed by atoms with E-state index in [2.05, 4.69) is 19.2 Å². The zero-order valence-electron chi connectivity index (χ0n) is 15.0. The molecule has 0 aromatic heterocycles. The van der Waals surface area contributed by atoms with Crippen LogP contribution in [0.5, 0.6) is 0 Å². The van der Waals surface area contributed by atoms with Crippen LogP contribution >= 0.6 is 0 Å². The number of carbonyl (C=O) groups is 1. The van der Waals surface area contributed by atoms with Gasteiger partial charge in [0.25, 0.3) is 0 Å². The maximum Gasteiger partial charge on any atom is 0.410 e. The van der Waals surface area contributed by atoms with E-state index in [1.807, 2.05) is 25.7 Å². The molecule has 0 bridgehead atoms. The van der Waals surface area contributed by atoms with Crippen LogP contribution < -0.4 is 5.32 Å². The molecule has 0 aromatic rings. The van der Waals surface area contributed by atoms with Crippen molar-refractivity contribution in [2.75, 3.05) is 26.2 Å². The van der Waals surface area contributed by atoms with Crippen LogP contribution in [0.15, 0.2) is 0 Å². The zero-order valence-corrected chi connectivity index (χ0v) is 15.0. The van der Waals surface area contributed by atoms with Gasteiger partial charge in [0.15, 0.2) is 0 Å². The van der Waals surface area contributed by atoms with Crippen LogP contribution in [0.2, 0.25) is 0 Å². The summed E-state index contributed by atoms with van der Waals surface area (Å²) in [6.07, 6.45) is 4.29. The monoisotopic (exact) mass is 314 g/mol. The number of nitrogens with one attached hydrogen (secondary N) is 1. The zero-order chi connectivity index (χ0) is 16.6. The summed E-state index contributed by atoms with van der Waals surface area (Å²) in [5.41, 5.74) is -0.419. The third-order valence-electron chi connectivity index (χ3n) is 3.59. The highest BCUT2D eigenvalue weighted by Gasteiger charge is 2.24. The second-order valence-electron chi connectivity index (χ2n) is 7.32. The number of hydrogen-bond acceptors (Lipinski definition) is 4. The van der Waals surface area contributed by atoms with E-state index in [1.54, 1.807) is 0 Å². The van der Waals surface area contributed by atoms with Crippen LogP contribution in [0, 0.1) is 0 Å². The Kier molecular flexibility index (Phi) is 8.18. The molecule has 1 aliphatic rings. The molecule has 1 heterocycles. The molecule has 1 aliphatic heterocycles. The lowest BCUT2D eigenvalue weighted by atomic mass is 10.1. The van der Waals surface area contributed by atoms with Crippen LogP contribution in [0.4, 0.5) is 4.79 Å². The summed E-state index contributed by atoms with van der Waals surface area (Å²) in [4.78, 5) is 13.9. The first-order chi connectivity index (χ1) is 10.3. The largest absolute Gasteiger partial charge is 0.444 e. The smallest absolute Gasteiger partial charge is 0.410 e. The minimum absolute atomic E-state index is 0.182. The van der Waals surface area contributed by atoms with Crippen LogP contribution in [-0.2, 0) is 9.47 Å². The third kappa shape index (κ3) is 8.59. The summed E-state index contributed by atoms with van der Waals surface area (Å²) in [7, 11) is 0. The van der Waals surface area contributed by atoms with Crippen LogP contribution in [-0.4, -0.2) is 55.0 Å². The topological polar surface area (TPSA) is 50.8 Å². The van der Waals surface area contributed by atoms with E-state index in [0.717, 1.165) is 51.9 Å². The Morgan fingerprint density at radius 1 is 1.27 bits per heavy atom. The van der Waals surface area contributed by atoms with Crippen molar-refractivity contribution in [3.63, 3.8) is 0 Å². The van der Waals surface area contributed by atoms with Gasteiger partial charge in [0, 0.05) is 25.7 Å². The van der Waals surface area contributed by atoms with Gasteiger partial charge in [0.2, 0.25) is 0 Å². The fourth-order valence-electron chi connectivity index (χ4n) is 2.51. The van der Waals surface area contributed by atoms with Gasteiger partial charge in [-0.3, -0.25) is 0 Å². The average Bonchev–Trinajstić information content (AvgIpc) is 2.61. The molecular weight excluding hydrogens is 280 g/mol. The summed E-state index contributed by atoms with van der Waals surface area (Å²) in [6, 6.07) is 0.492. The molecule has 0 aromatic carbocycles. The van der Waals surface area contributed by atoms with E-state index >= 15 is 0 Å². The first-order valence-electron chi connectivity index (χ1n) is 8.61. The second kappa shape index (κ2) is 9.36. The van der Waals surface area contributed by atoms with Crippen molar-refractivity contribution in [2.45, 2.75) is 78.0 Å². The molecule has 5 nitrogen and oxygen atoms in total. The van der Waals surface area contributed by atoms with Gasteiger partial charge < -0.3 is 19.7 Å². The fourth-order valence-corrected chi connectivity index (χ4v) is 2.51. The van der Waals surface area contributed by atoms with Gasteiger partial charge in [-0.2, -0.15) is 0 Å². The minimum atomic E-state index is -0.419. The van der Waals surface area contributed by atoms with Crippen molar-refractivity contribution in [1.29, 1.82) is 0 Å². The van der Waals surface area contributed by atoms with Gasteiger partial charge in [0.1, 0.15) is 5.60 Å². The molecule has 0 radical (unpaired) electrons. The Labute approximate surface area is 135 Å². The molecule has 0 saturated carbocycles. The number of carbonyl (C=O) groups excluding carboxylic acids is 1. The van der Waals surface area contributed by atoms with Crippen molar-refractivity contribution < 1.29 is 14.3 Å². The predicted octanol–water partition coefficient (Wildman–Crippen LogP) is 3.18. The molecule has 5 heteroatoms. The van der Waals surface area contributed by atoms with E-state index in [9.17, 15) is 4.79 Å². The van der Waals surface area contributed by atoms with E-state index in [4.69, 9.17) is 9.47 Å². The quantitative estimate of drug-likeness (QED) is 0.765. The second-order valence-corrected chi connectivity index (χ2v) is 7.32. The molecule has 1 fully saturated rings. The molecule has 22 heavy (non-hydrogen) atoms. The summed E-state index contributed by atoms with van der Waals surface area (Å²) in [6.45, 7) is 13.2. The minimum Gasteiger partial charge on any atom is -0.444 e. The third-order valence-corrected chi connectivity index (χ3v) is 3.59. The maximum absolute atomic E-state index is 12.1. The predicted molar refractivity (Wildman–Crippen MR) is 89.2 cm³/mol. The van der Waals surface area contributed by atoms with Crippen molar-refractivity contribution in [3.8, 4) is 0 Å². The molecular formula is C17H34N2O3. The molecule has 0 spiro atoms. The first kappa shape index (κ1) is 19.2. The van der Waals surface area contributed by atoms with Gasteiger partial charge in [-0.05, 0) is 66.8 Å². The van der Waals surface area contributed by atoms with E-state index in [0.29, 0.717) is 12.1 Å². The Hall–Kier alpha value is -0.810. The number of likely N-dealkylation sites (tertiary alicyclic amines) is 1. The normalized spacial score (nSPS) is 20.1. The van der Waals surface area contributed by atoms with Crippen LogP contribution in [0.1, 0.15) is 60.3 Å². The Morgan fingerprint density at radius 3 is 2.64 bits per heavy atom. The highest BCUT2D eigenvalue weighted by atomic mass is 16.6. The highest BCUT2D eigenvalue weighted by molar-refractivity contribution is 5.68. The van der Waals surface area contributed by atoms with Gasteiger partial charge >= 0.3 is 6.09 Å². The van der Waals surface area contributed by atoms with Crippen molar-refractivity contribution in [2.24, 2.45) is 0 Å². The lowest BCUT2D eigenvalue weighted by molar-refractivity contribution is 0.0256. The Morgan fingerprint density at radius 2 is 2.00 bits per heavy atom. The Balaban J connectivity index is 2.23.